The van der Waals surface area contributed by atoms with E-state index in [9.17, 15) is 13.2 Å². The lowest BCUT2D eigenvalue weighted by molar-refractivity contribution is 0.190. The summed E-state index contributed by atoms with van der Waals surface area (Å²) in [5.74, 6) is 0.590. The molecule has 3 N–H and O–H groups in total. The molecule has 0 aliphatic carbocycles. The van der Waals surface area contributed by atoms with Gasteiger partial charge >= 0.3 is 6.03 Å². The van der Waals surface area contributed by atoms with Gasteiger partial charge in [-0.2, -0.15) is 0 Å². The molecule has 2 rings (SSSR count). The molecule has 2 amide bonds. The molecule has 1 heterocycles. The number of hydrogen-bond acceptors (Lipinski definition) is 5. The Morgan fingerprint density at radius 3 is 2.48 bits per heavy atom. The average Bonchev–Trinajstić information content (AvgIpc) is 2.59. The highest BCUT2D eigenvalue weighted by Crippen LogP contribution is 2.14. The predicted molar refractivity (Wildman–Crippen MR) is 86.0 cm³/mol. The summed E-state index contributed by atoms with van der Waals surface area (Å²) in [4.78, 5) is 13.7. The van der Waals surface area contributed by atoms with E-state index in [-0.39, 0.29) is 24.0 Å². The molecule has 128 valence electrons. The van der Waals surface area contributed by atoms with Crippen LogP contribution in [0.4, 0.5) is 4.79 Å². The van der Waals surface area contributed by atoms with Gasteiger partial charge < -0.3 is 20.3 Å². The number of carbonyl (C=O) groups is 1. The number of benzene rings is 1. The Bertz CT molecular complexity index is 612. The van der Waals surface area contributed by atoms with Crippen molar-refractivity contribution in [1.29, 1.82) is 0 Å². The first kappa shape index (κ1) is 17.5. The van der Waals surface area contributed by atoms with Gasteiger partial charge in [0.2, 0.25) is 10.0 Å². The first-order chi connectivity index (χ1) is 11.0. The molecular weight excluding hydrogens is 320 g/mol. The van der Waals surface area contributed by atoms with E-state index in [4.69, 9.17) is 4.74 Å². The number of urea groups is 1. The number of methoxy groups -OCH3 is 1. The standard InChI is InChI=1S/C14H22N4O4S/c1-22-12-2-4-13(5-3-12)23(20,21)17-7-6-16-14(19)18-10-8-15-9-11-18/h2-5,15,17H,6-11H2,1H3,(H,16,19). The maximum atomic E-state index is 12.1. The lowest BCUT2D eigenvalue weighted by Crippen LogP contribution is -2.51. The second-order valence-corrected chi connectivity index (χ2v) is 6.81. The van der Waals surface area contributed by atoms with Gasteiger partial charge in [0.05, 0.1) is 12.0 Å². The number of nitrogens with zero attached hydrogens (tertiary/aromatic N) is 1. The summed E-state index contributed by atoms with van der Waals surface area (Å²) in [6, 6.07) is 5.94. The molecule has 0 saturated carbocycles. The van der Waals surface area contributed by atoms with Gasteiger partial charge in [-0.1, -0.05) is 0 Å². The fourth-order valence-electron chi connectivity index (χ4n) is 2.17. The second-order valence-electron chi connectivity index (χ2n) is 5.04. The van der Waals surface area contributed by atoms with Crippen LogP contribution in [0, 0.1) is 0 Å². The SMILES string of the molecule is COc1ccc(S(=O)(=O)NCCNC(=O)N2CCNCC2)cc1. The molecule has 0 spiro atoms. The monoisotopic (exact) mass is 342 g/mol. The van der Waals surface area contributed by atoms with Crippen molar-refractivity contribution in [3.8, 4) is 5.75 Å². The molecule has 23 heavy (non-hydrogen) atoms. The van der Waals surface area contributed by atoms with Crippen LogP contribution >= 0.6 is 0 Å². The highest BCUT2D eigenvalue weighted by Gasteiger charge is 2.16. The molecule has 1 aliphatic heterocycles. The Balaban J connectivity index is 1.76. The molecular formula is C14H22N4O4S. The molecule has 8 nitrogen and oxygen atoms in total. The number of piperazine rings is 1. The van der Waals surface area contributed by atoms with Crippen LogP contribution in [-0.2, 0) is 10.0 Å². The van der Waals surface area contributed by atoms with E-state index in [0.717, 1.165) is 13.1 Å². The number of sulfonamides is 1. The van der Waals surface area contributed by atoms with Gasteiger partial charge in [0, 0.05) is 39.3 Å². The summed E-state index contributed by atoms with van der Waals surface area (Å²) in [5, 5.41) is 5.87. The molecule has 1 aliphatic rings. The van der Waals surface area contributed by atoms with Crippen LogP contribution in [-0.4, -0.2) is 65.7 Å². The Morgan fingerprint density at radius 2 is 1.87 bits per heavy atom. The van der Waals surface area contributed by atoms with Crippen molar-refractivity contribution < 1.29 is 17.9 Å². The summed E-state index contributed by atoms with van der Waals surface area (Å²) in [6.45, 7) is 3.23. The number of ether oxygens (including phenoxy) is 1. The fraction of sp³-hybridized carbons (Fsp3) is 0.500. The number of carbonyl (C=O) groups excluding carboxylic acids is 1. The van der Waals surface area contributed by atoms with Crippen LogP contribution in [0.3, 0.4) is 0 Å². The minimum absolute atomic E-state index is 0.131. The number of amides is 2. The van der Waals surface area contributed by atoms with E-state index in [2.05, 4.69) is 15.4 Å². The lowest BCUT2D eigenvalue weighted by atomic mass is 10.3. The molecule has 0 radical (unpaired) electrons. The Hall–Kier alpha value is -1.84. The van der Waals surface area contributed by atoms with Gasteiger partial charge in [-0.15, -0.1) is 0 Å². The van der Waals surface area contributed by atoms with Crippen LogP contribution in [0.15, 0.2) is 29.2 Å². The van der Waals surface area contributed by atoms with Gasteiger partial charge in [-0.05, 0) is 24.3 Å². The van der Waals surface area contributed by atoms with E-state index in [0.29, 0.717) is 18.8 Å². The largest absolute Gasteiger partial charge is 0.497 e. The third kappa shape index (κ3) is 5.08. The first-order valence-electron chi connectivity index (χ1n) is 7.40. The van der Waals surface area contributed by atoms with Crippen molar-refractivity contribution in [1.82, 2.24) is 20.3 Å². The summed E-state index contributed by atoms with van der Waals surface area (Å²) < 4.78 is 31.6. The van der Waals surface area contributed by atoms with Crippen molar-refractivity contribution in [2.75, 3.05) is 46.4 Å². The molecule has 0 bridgehead atoms. The van der Waals surface area contributed by atoms with Crippen LogP contribution in [0.1, 0.15) is 0 Å². The Kier molecular flexibility index (Phi) is 6.20. The number of nitrogens with one attached hydrogen (secondary N) is 3. The molecule has 1 fully saturated rings. The zero-order valence-electron chi connectivity index (χ0n) is 13.0. The van der Waals surface area contributed by atoms with Crippen LogP contribution in [0.5, 0.6) is 5.75 Å². The molecule has 1 saturated heterocycles. The fourth-order valence-corrected chi connectivity index (χ4v) is 3.20. The zero-order chi connectivity index (χ0) is 16.7. The first-order valence-corrected chi connectivity index (χ1v) is 8.88. The molecule has 0 unspecified atom stereocenters. The van der Waals surface area contributed by atoms with Gasteiger partial charge in [0.25, 0.3) is 0 Å². The summed E-state index contributed by atoms with van der Waals surface area (Å²) >= 11 is 0. The molecule has 0 atom stereocenters. The van der Waals surface area contributed by atoms with Crippen molar-refractivity contribution in [2.45, 2.75) is 4.90 Å². The summed E-state index contributed by atoms with van der Waals surface area (Å²) in [6.07, 6.45) is 0. The van der Waals surface area contributed by atoms with E-state index in [1.807, 2.05) is 0 Å². The Morgan fingerprint density at radius 1 is 1.22 bits per heavy atom. The zero-order valence-corrected chi connectivity index (χ0v) is 13.9. The minimum atomic E-state index is -3.59. The van der Waals surface area contributed by atoms with Gasteiger partial charge in [0.1, 0.15) is 5.75 Å². The maximum absolute atomic E-state index is 12.1. The highest BCUT2D eigenvalue weighted by atomic mass is 32.2. The van der Waals surface area contributed by atoms with Crippen molar-refractivity contribution in [3.05, 3.63) is 24.3 Å². The molecule has 1 aromatic rings. The van der Waals surface area contributed by atoms with E-state index in [1.165, 1.54) is 19.2 Å². The van der Waals surface area contributed by atoms with Crippen LogP contribution in [0.25, 0.3) is 0 Å². The number of hydrogen-bond donors (Lipinski definition) is 3. The average molecular weight is 342 g/mol. The predicted octanol–water partition coefficient (Wildman–Crippen LogP) is -0.412. The van der Waals surface area contributed by atoms with E-state index < -0.39 is 10.0 Å². The van der Waals surface area contributed by atoms with Crippen LogP contribution in [0.2, 0.25) is 0 Å². The van der Waals surface area contributed by atoms with E-state index >= 15 is 0 Å². The lowest BCUT2D eigenvalue weighted by Gasteiger charge is -2.27. The molecule has 0 aromatic heterocycles. The minimum Gasteiger partial charge on any atom is -0.497 e. The third-order valence-corrected chi connectivity index (χ3v) is 4.94. The van der Waals surface area contributed by atoms with Crippen molar-refractivity contribution in [3.63, 3.8) is 0 Å². The smallest absolute Gasteiger partial charge is 0.317 e. The molecule has 1 aromatic carbocycles. The van der Waals surface area contributed by atoms with Crippen LogP contribution < -0.4 is 20.1 Å². The normalized spacial score (nSPS) is 15.3. The topological polar surface area (TPSA) is 99.8 Å². The van der Waals surface area contributed by atoms with Gasteiger partial charge in [-0.3, -0.25) is 0 Å². The maximum Gasteiger partial charge on any atom is 0.317 e. The third-order valence-electron chi connectivity index (χ3n) is 3.47. The van der Waals surface area contributed by atoms with Crippen molar-refractivity contribution in [2.24, 2.45) is 0 Å². The molecule has 9 heteroatoms. The van der Waals surface area contributed by atoms with Crippen molar-refractivity contribution >= 4 is 16.1 Å². The number of rotatable bonds is 6. The highest BCUT2D eigenvalue weighted by molar-refractivity contribution is 7.89. The van der Waals surface area contributed by atoms with E-state index in [1.54, 1.807) is 17.0 Å². The second kappa shape index (κ2) is 8.14. The van der Waals surface area contributed by atoms with Gasteiger partial charge in [-0.25, -0.2) is 17.9 Å². The quantitative estimate of drug-likeness (QED) is 0.610. The summed E-state index contributed by atoms with van der Waals surface area (Å²) in [7, 11) is -2.07. The Labute approximate surface area is 136 Å². The summed E-state index contributed by atoms with van der Waals surface area (Å²) in [5.41, 5.74) is 0. The van der Waals surface area contributed by atoms with Gasteiger partial charge in [0.15, 0.2) is 0 Å².